The van der Waals surface area contributed by atoms with Gasteiger partial charge in [-0.15, -0.1) is 0 Å². The van der Waals surface area contributed by atoms with Crippen molar-refractivity contribution in [3.05, 3.63) is 0 Å². The van der Waals surface area contributed by atoms with Crippen LogP contribution in [0.15, 0.2) is 0 Å². The molecule has 3 aliphatic rings. The number of hydrogen-bond acceptors (Lipinski definition) is 3. The molecule has 0 atom stereocenters. The molecular weight excluding hydrogens is 248 g/mol. The van der Waals surface area contributed by atoms with Crippen LogP contribution in [-0.2, 0) is 0 Å². The number of likely N-dealkylation sites (tertiary alicyclic amines) is 1. The van der Waals surface area contributed by atoms with Crippen LogP contribution in [0.5, 0.6) is 0 Å². The monoisotopic (exact) mass is 280 g/mol. The largest absolute Gasteiger partial charge is 0.390 e. The fraction of sp³-hybridized carbons (Fsp3) is 1.00. The maximum Gasteiger partial charge on any atom is 0.0644 e. The maximum atomic E-state index is 10.1. The van der Waals surface area contributed by atoms with Gasteiger partial charge in [0.1, 0.15) is 0 Å². The Bertz CT molecular complexity index is 309. The molecule has 3 heteroatoms. The zero-order chi connectivity index (χ0) is 14.1. The Morgan fingerprint density at radius 2 is 1.70 bits per heavy atom. The number of piperidine rings is 1. The first-order chi connectivity index (χ1) is 9.57. The summed E-state index contributed by atoms with van der Waals surface area (Å²) in [6.45, 7) is 6.64. The summed E-state index contributed by atoms with van der Waals surface area (Å²) in [4.78, 5) is 2.62. The van der Waals surface area contributed by atoms with Crippen molar-refractivity contribution in [3.8, 4) is 0 Å². The summed E-state index contributed by atoms with van der Waals surface area (Å²) in [7, 11) is 0. The first-order valence-corrected chi connectivity index (χ1v) is 8.75. The summed E-state index contributed by atoms with van der Waals surface area (Å²) < 4.78 is 0. The molecule has 0 radical (unpaired) electrons. The molecule has 0 amide bonds. The number of hydrogen-bond donors (Lipinski definition) is 2. The van der Waals surface area contributed by atoms with Crippen molar-refractivity contribution >= 4 is 0 Å². The van der Waals surface area contributed by atoms with Crippen LogP contribution < -0.4 is 5.32 Å². The van der Waals surface area contributed by atoms with Crippen molar-refractivity contribution in [2.45, 2.75) is 76.4 Å². The zero-order valence-corrected chi connectivity index (χ0v) is 13.2. The summed E-state index contributed by atoms with van der Waals surface area (Å²) in [5, 5.41) is 13.9. The van der Waals surface area contributed by atoms with E-state index in [1.807, 2.05) is 6.92 Å². The third-order valence-electron chi connectivity index (χ3n) is 5.75. The van der Waals surface area contributed by atoms with Gasteiger partial charge < -0.3 is 15.3 Å². The van der Waals surface area contributed by atoms with Gasteiger partial charge in [-0.25, -0.2) is 0 Å². The lowest BCUT2D eigenvalue weighted by atomic mass is 9.73. The molecule has 0 aromatic heterocycles. The van der Waals surface area contributed by atoms with E-state index < -0.39 is 5.60 Å². The maximum absolute atomic E-state index is 10.1. The molecule has 20 heavy (non-hydrogen) atoms. The van der Waals surface area contributed by atoms with Gasteiger partial charge in [0, 0.05) is 32.2 Å². The normalized spacial score (nSPS) is 30.3. The van der Waals surface area contributed by atoms with Crippen LogP contribution in [0.2, 0.25) is 0 Å². The fourth-order valence-corrected chi connectivity index (χ4v) is 4.01. The molecule has 0 spiro atoms. The molecule has 1 aliphatic heterocycles. The highest BCUT2D eigenvalue weighted by Crippen LogP contribution is 2.38. The number of aliphatic hydroxyl groups is 1. The van der Waals surface area contributed by atoms with E-state index in [9.17, 15) is 5.11 Å². The van der Waals surface area contributed by atoms with Gasteiger partial charge in [0.15, 0.2) is 0 Å². The van der Waals surface area contributed by atoms with Crippen molar-refractivity contribution in [1.29, 1.82) is 0 Å². The first kappa shape index (κ1) is 14.8. The van der Waals surface area contributed by atoms with Crippen LogP contribution >= 0.6 is 0 Å². The number of rotatable bonds is 5. The molecule has 116 valence electrons. The van der Waals surface area contributed by atoms with E-state index in [0.717, 1.165) is 32.0 Å². The summed E-state index contributed by atoms with van der Waals surface area (Å²) in [6.07, 6.45) is 11.7. The molecule has 1 heterocycles. The lowest BCUT2D eigenvalue weighted by Gasteiger charge is -2.44. The van der Waals surface area contributed by atoms with Crippen LogP contribution in [0.4, 0.5) is 0 Å². The Labute approximate surface area is 124 Å². The second-order valence-corrected chi connectivity index (χ2v) is 7.99. The predicted octanol–water partition coefficient (Wildman–Crippen LogP) is 2.54. The van der Waals surface area contributed by atoms with Crippen LogP contribution in [0, 0.1) is 5.41 Å². The fourth-order valence-electron chi connectivity index (χ4n) is 4.01. The third-order valence-corrected chi connectivity index (χ3v) is 5.75. The van der Waals surface area contributed by atoms with Gasteiger partial charge in [0.25, 0.3) is 0 Å². The van der Waals surface area contributed by atoms with Crippen LogP contribution in [0.25, 0.3) is 0 Å². The Balaban J connectivity index is 1.54. The minimum atomic E-state index is -0.414. The Hall–Kier alpha value is -0.120. The van der Waals surface area contributed by atoms with Crippen molar-refractivity contribution in [3.63, 3.8) is 0 Å². The average molecular weight is 280 g/mol. The van der Waals surface area contributed by atoms with Crippen molar-refractivity contribution < 1.29 is 5.11 Å². The van der Waals surface area contributed by atoms with Gasteiger partial charge in [0.2, 0.25) is 0 Å². The van der Waals surface area contributed by atoms with E-state index in [4.69, 9.17) is 0 Å². The highest BCUT2D eigenvalue weighted by Gasteiger charge is 2.37. The molecule has 3 rings (SSSR count). The third kappa shape index (κ3) is 3.96. The van der Waals surface area contributed by atoms with Gasteiger partial charge in [-0.3, -0.25) is 0 Å². The van der Waals surface area contributed by atoms with E-state index >= 15 is 0 Å². The minimum Gasteiger partial charge on any atom is -0.390 e. The van der Waals surface area contributed by atoms with Gasteiger partial charge in [0.05, 0.1) is 5.60 Å². The van der Waals surface area contributed by atoms with Crippen LogP contribution in [0.3, 0.4) is 0 Å². The van der Waals surface area contributed by atoms with Gasteiger partial charge in [-0.1, -0.05) is 19.3 Å². The second-order valence-electron chi connectivity index (χ2n) is 7.99. The summed E-state index contributed by atoms with van der Waals surface area (Å²) in [5.41, 5.74) is 0.104. The van der Waals surface area contributed by atoms with E-state index in [1.165, 1.54) is 58.0 Å². The molecular formula is C17H32N2O. The van der Waals surface area contributed by atoms with Crippen LogP contribution in [-0.4, -0.2) is 47.8 Å². The van der Waals surface area contributed by atoms with Crippen LogP contribution in [0.1, 0.15) is 64.7 Å². The molecule has 1 saturated heterocycles. The topological polar surface area (TPSA) is 35.5 Å². The lowest BCUT2D eigenvalue weighted by molar-refractivity contribution is -0.0200. The van der Waals surface area contributed by atoms with Crippen molar-refractivity contribution in [1.82, 2.24) is 10.2 Å². The van der Waals surface area contributed by atoms with E-state index in [2.05, 4.69) is 10.2 Å². The first-order valence-electron chi connectivity index (χ1n) is 8.75. The van der Waals surface area contributed by atoms with Crippen molar-refractivity contribution in [2.24, 2.45) is 5.41 Å². The molecule has 3 fully saturated rings. The quantitative estimate of drug-likeness (QED) is 0.812. The molecule has 2 saturated carbocycles. The number of nitrogens with zero attached hydrogens (tertiary/aromatic N) is 1. The lowest BCUT2D eigenvalue weighted by Crippen LogP contribution is -2.50. The van der Waals surface area contributed by atoms with E-state index in [-0.39, 0.29) is 0 Å². The summed E-state index contributed by atoms with van der Waals surface area (Å²) >= 11 is 0. The SMILES string of the molecule is CC1(O)CCN(CC2(CNC3CC3)CCCCC2)CC1. The molecule has 2 aliphatic carbocycles. The highest BCUT2D eigenvalue weighted by molar-refractivity contribution is 4.93. The second kappa shape index (κ2) is 5.94. The summed E-state index contributed by atoms with van der Waals surface area (Å²) in [5.74, 6) is 0. The van der Waals surface area contributed by atoms with Gasteiger partial charge >= 0.3 is 0 Å². The van der Waals surface area contributed by atoms with Gasteiger partial charge in [-0.2, -0.15) is 0 Å². The average Bonchev–Trinajstić information content (AvgIpc) is 3.25. The standard InChI is InChI=1S/C17H32N2O/c1-16(20)9-11-19(12-10-16)14-17(7-3-2-4-8-17)13-18-15-5-6-15/h15,18,20H,2-14H2,1H3. The molecule has 3 nitrogen and oxygen atoms in total. The Morgan fingerprint density at radius 3 is 2.30 bits per heavy atom. The predicted molar refractivity (Wildman–Crippen MR) is 82.8 cm³/mol. The Morgan fingerprint density at radius 1 is 1.05 bits per heavy atom. The highest BCUT2D eigenvalue weighted by atomic mass is 16.3. The number of nitrogens with one attached hydrogen (secondary N) is 1. The molecule has 0 unspecified atom stereocenters. The molecule has 0 aromatic carbocycles. The zero-order valence-electron chi connectivity index (χ0n) is 13.2. The minimum absolute atomic E-state index is 0.414. The van der Waals surface area contributed by atoms with E-state index in [1.54, 1.807) is 0 Å². The smallest absolute Gasteiger partial charge is 0.0644 e. The van der Waals surface area contributed by atoms with E-state index in [0.29, 0.717) is 5.41 Å². The summed E-state index contributed by atoms with van der Waals surface area (Å²) in [6, 6.07) is 0.830. The van der Waals surface area contributed by atoms with Crippen molar-refractivity contribution in [2.75, 3.05) is 26.2 Å². The molecule has 0 aromatic rings. The molecule has 2 N–H and O–H groups in total. The van der Waals surface area contributed by atoms with Gasteiger partial charge in [-0.05, 0) is 50.9 Å². The Kier molecular flexibility index (Phi) is 4.40. The molecule has 0 bridgehead atoms.